The number of aromatic nitrogens is 2. The molecular formula is C22H32N6O. The molecule has 1 aliphatic carbocycles. The molecule has 1 aliphatic rings. The number of hydrogen-bond acceptors (Lipinski definition) is 3. The normalized spacial score (nSPS) is 14.7. The van der Waals surface area contributed by atoms with E-state index in [1.807, 2.05) is 23.9 Å². The van der Waals surface area contributed by atoms with Gasteiger partial charge in [-0.1, -0.05) is 25.0 Å². The second kappa shape index (κ2) is 11.2. The average molecular weight is 397 g/mol. The van der Waals surface area contributed by atoms with Crippen LogP contribution in [0.2, 0.25) is 0 Å². The molecule has 0 radical (unpaired) electrons. The minimum absolute atomic E-state index is 0.105. The molecular weight excluding hydrogens is 364 g/mol. The molecule has 1 heterocycles. The third kappa shape index (κ3) is 6.93. The van der Waals surface area contributed by atoms with Crippen molar-refractivity contribution in [3.63, 3.8) is 0 Å². The minimum Gasteiger partial charge on any atom is -0.357 e. The fraction of sp³-hybridized carbons (Fsp3) is 0.500. The summed E-state index contributed by atoms with van der Waals surface area (Å²) in [6.07, 6.45) is 9.72. The SMILES string of the molecule is CCNC(=NCCC(=O)NC1CCCC1)NCCc1ccc(-n2cccn2)cc1. The van der Waals surface area contributed by atoms with Crippen molar-refractivity contribution >= 4 is 11.9 Å². The second-order valence-corrected chi connectivity index (χ2v) is 7.35. The maximum Gasteiger partial charge on any atom is 0.222 e. The summed E-state index contributed by atoms with van der Waals surface area (Å²) < 4.78 is 1.85. The first-order valence-corrected chi connectivity index (χ1v) is 10.6. The summed E-state index contributed by atoms with van der Waals surface area (Å²) in [5.41, 5.74) is 2.30. The molecule has 1 fully saturated rings. The molecule has 156 valence electrons. The predicted octanol–water partition coefficient (Wildman–Crippen LogP) is 2.42. The van der Waals surface area contributed by atoms with Crippen molar-refractivity contribution in [1.82, 2.24) is 25.7 Å². The quantitative estimate of drug-likeness (QED) is 0.449. The topological polar surface area (TPSA) is 83.3 Å². The lowest BCUT2D eigenvalue weighted by Crippen LogP contribution is -2.38. The molecule has 2 aromatic rings. The Morgan fingerprint density at radius 3 is 2.69 bits per heavy atom. The highest BCUT2D eigenvalue weighted by Gasteiger charge is 2.16. The molecule has 0 spiro atoms. The Labute approximate surface area is 173 Å². The Balaban J connectivity index is 1.40. The van der Waals surface area contributed by atoms with Crippen molar-refractivity contribution in [3.8, 4) is 5.69 Å². The van der Waals surface area contributed by atoms with Crippen LogP contribution in [0.1, 0.15) is 44.6 Å². The summed E-state index contributed by atoms with van der Waals surface area (Å²) >= 11 is 0. The highest BCUT2D eigenvalue weighted by molar-refractivity contribution is 5.80. The summed E-state index contributed by atoms with van der Waals surface area (Å²) in [7, 11) is 0. The van der Waals surface area contributed by atoms with E-state index < -0.39 is 0 Å². The highest BCUT2D eigenvalue weighted by atomic mass is 16.1. The summed E-state index contributed by atoms with van der Waals surface area (Å²) in [5.74, 6) is 0.864. The number of carbonyl (C=O) groups is 1. The summed E-state index contributed by atoms with van der Waals surface area (Å²) in [5, 5.41) is 13.9. The van der Waals surface area contributed by atoms with Crippen LogP contribution in [0.4, 0.5) is 0 Å². The summed E-state index contributed by atoms with van der Waals surface area (Å²) in [6.45, 7) is 4.10. The molecule has 1 amide bonds. The molecule has 3 rings (SSSR count). The average Bonchev–Trinajstić information content (AvgIpc) is 3.43. The van der Waals surface area contributed by atoms with Crippen LogP contribution >= 0.6 is 0 Å². The Hall–Kier alpha value is -2.83. The standard InChI is InChI=1S/C22H32N6O/c1-2-23-22(25-16-13-21(29)27-19-6-3-4-7-19)24-15-12-18-8-10-20(11-9-18)28-17-5-14-26-28/h5,8-11,14,17,19H,2-4,6-7,12-13,15-16H2,1H3,(H,27,29)(H2,23,24,25). The van der Waals surface area contributed by atoms with Gasteiger partial charge in [0.05, 0.1) is 12.2 Å². The Kier molecular flexibility index (Phi) is 8.10. The lowest BCUT2D eigenvalue weighted by molar-refractivity contribution is -0.121. The van der Waals surface area contributed by atoms with Crippen LogP contribution in [-0.2, 0) is 11.2 Å². The molecule has 0 atom stereocenters. The smallest absolute Gasteiger partial charge is 0.222 e. The number of benzene rings is 1. The van der Waals surface area contributed by atoms with E-state index in [-0.39, 0.29) is 5.91 Å². The fourth-order valence-corrected chi connectivity index (χ4v) is 3.54. The van der Waals surface area contributed by atoms with Gasteiger partial charge in [-0.3, -0.25) is 9.79 Å². The molecule has 0 bridgehead atoms. The monoisotopic (exact) mass is 396 g/mol. The summed E-state index contributed by atoms with van der Waals surface area (Å²) in [4.78, 5) is 16.6. The zero-order valence-electron chi connectivity index (χ0n) is 17.2. The van der Waals surface area contributed by atoms with Gasteiger partial charge < -0.3 is 16.0 Å². The highest BCUT2D eigenvalue weighted by Crippen LogP contribution is 2.17. The molecule has 1 aromatic heterocycles. The second-order valence-electron chi connectivity index (χ2n) is 7.35. The zero-order chi connectivity index (χ0) is 20.3. The van der Waals surface area contributed by atoms with Crippen LogP contribution in [0.3, 0.4) is 0 Å². The van der Waals surface area contributed by atoms with Crippen molar-refractivity contribution in [2.45, 2.75) is 51.5 Å². The van der Waals surface area contributed by atoms with Crippen LogP contribution < -0.4 is 16.0 Å². The van der Waals surface area contributed by atoms with E-state index >= 15 is 0 Å². The van der Waals surface area contributed by atoms with E-state index in [0.29, 0.717) is 19.0 Å². The van der Waals surface area contributed by atoms with Gasteiger partial charge in [0.15, 0.2) is 5.96 Å². The van der Waals surface area contributed by atoms with Gasteiger partial charge >= 0.3 is 0 Å². The van der Waals surface area contributed by atoms with Gasteiger partial charge in [0.1, 0.15) is 0 Å². The van der Waals surface area contributed by atoms with E-state index in [1.54, 1.807) is 6.20 Å². The minimum atomic E-state index is 0.105. The van der Waals surface area contributed by atoms with Crippen LogP contribution in [-0.4, -0.2) is 47.3 Å². The summed E-state index contributed by atoms with van der Waals surface area (Å²) in [6, 6.07) is 10.7. The van der Waals surface area contributed by atoms with Gasteiger partial charge in [-0.2, -0.15) is 5.10 Å². The van der Waals surface area contributed by atoms with Gasteiger partial charge in [0.25, 0.3) is 0 Å². The number of rotatable bonds is 9. The number of nitrogens with zero attached hydrogens (tertiary/aromatic N) is 3. The van der Waals surface area contributed by atoms with Gasteiger partial charge in [0.2, 0.25) is 5.91 Å². The van der Waals surface area contributed by atoms with Gasteiger partial charge in [-0.25, -0.2) is 4.68 Å². The molecule has 0 unspecified atom stereocenters. The molecule has 0 saturated heterocycles. The fourth-order valence-electron chi connectivity index (χ4n) is 3.54. The Morgan fingerprint density at radius 2 is 2.00 bits per heavy atom. The molecule has 29 heavy (non-hydrogen) atoms. The van der Waals surface area contributed by atoms with E-state index in [4.69, 9.17) is 0 Å². The molecule has 7 nitrogen and oxygen atoms in total. The number of aliphatic imine (C=N–C) groups is 1. The predicted molar refractivity (Wildman–Crippen MR) is 116 cm³/mol. The Morgan fingerprint density at radius 1 is 1.21 bits per heavy atom. The molecule has 0 aliphatic heterocycles. The van der Waals surface area contributed by atoms with E-state index in [1.165, 1.54) is 18.4 Å². The van der Waals surface area contributed by atoms with E-state index in [9.17, 15) is 4.79 Å². The van der Waals surface area contributed by atoms with E-state index in [2.05, 4.69) is 50.3 Å². The zero-order valence-corrected chi connectivity index (χ0v) is 17.2. The van der Waals surface area contributed by atoms with Crippen LogP contribution in [0.25, 0.3) is 5.69 Å². The number of amides is 1. The maximum atomic E-state index is 12.0. The van der Waals surface area contributed by atoms with Crippen molar-refractivity contribution in [3.05, 3.63) is 48.3 Å². The maximum absolute atomic E-state index is 12.0. The van der Waals surface area contributed by atoms with E-state index in [0.717, 1.165) is 44.0 Å². The third-order valence-electron chi connectivity index (χ3n) is 5.08. The third-order valence-corrected chi connectivity index (χ3v) is 5.08. The lowest BCUT2D eigenvalue weighted by atomic mass is 10.1. The van der Waals surface area contributed by atoms with Crippen molar-refractivity contribution in [2.24, 2.45) is 4.99 Å². The van der Waals surface area contributed by atoms with Crippen LogP contribution in [0.5, 0.6) is 0 Å². The molecule has 3 N–H and O–H groups in total. The van der Waals surface area contributed by atoms with Gasteiger partial charge in [-0.05, 0) is 49.9 Å². The number of guanidine groups is 1. The first-order valence-electron chi connectivity index (χ1n) is 10.6. The first kappa shape index (κ1) is 20.9. The van der Waals surface area contributed by atoms with Gasteiger partial charge in [0, 0.05) is 37.9 Å². The van der Waals surface area contributed by atoms with Crippen molar-refractivity contribution in [2.75, 3.05) is 19.6 Å². The molecule has 1 saturated carbocycles. The first-order chi connectivity index (χ1) is 14.2. The number of nitrogens with one attached hydrogen (secondary N) is 3. The number of hydrogen-bond donors (Lipinski definition) is 3. The number of carbonyl (C=O) groups excluding carboxylic acids is 1. The largest absolute Gasteiger partial charge is 0.357 e. The lowest BCUT2D eigenvalue weighted by Gasteiger charge is -2.13. The van der Waals surface area contributed by atoms with Crippen molar-refractivity contribution < 1.29 is 4.79 Å². The van der Waals surface area contributed by atoms with Gasteiger partial charge in [-0.15, -0.1) is 0 Å². The Bertz CT molecular complexity index is 763. The molecule has 7 heteroatoms. The molecule has 1 aromatic carbocycles. The van der Waals surface area contributed by atoms with Crippen molar-refractivity contribution in [1.29, 1.82) is 0 Å². The van der Waals surface area contributed by atoms with Crippen LogP contribution in [0.15, 0.2) is 47.7 Å². The van der Waals surface area contributed by atoms with Crippen LogP contribution in [0, 0.1) is 0 Å².